The van der Waals surface area contributed by atoms with Gasteiger partial charge in [-0.2, -0.15) is 0 Å². The smallest absolute Gasteiger partial charge is 0.224 e. The van der Waals surface area contributed by atoms with E-state index in [1.54, 1.807) is 14.0 Å². The molecule has 0 heterocycles. The van der Waals surface area contributed by atoms with E-state index in [9.17, 15) is 4.79 Å². The van der Waals surface area contributed by atoms with E-state index in [-0.39, 0.29) is 11.8 Å². The summed E-state index contributed by atoms with van der Waals surface area (Å²) in [5.74, 6) is -0.114. The molecule has 0 aliphatic heterocycles. The summed E-state index contributed by atoms with van der Waals surface area (Å²) in [5, 5.41) is 2.69. The van der Waals surface area contributed by atoms with Gasteiger partial charge in [0.15, 0.2) is 0 Å². The lowest BCUT2D eigenvalue weighted by molar-refractivity contribution is -0.124. The molecule has 11 heavy (non-hydrogen) atoms. The average Bonchev–Trinajstić information content (AvgIpc) is 2.03. The number of ether oxygens (including phenoxy) is 1. The summed E-state index contributed by atoms with van der Waals surface area (Å²) < 4.78 is 4.76. The van der Waals surface area contributed by atoms with Gasteiger partial charge in [0.05, 0.1) is 6.61 Å². The van der Waals surface area contributed by atoms with Gasteiger partial charge in [0.2, 0.25) is 5.91 Å². The van der Waals surface area contributed by atoms with Crippen LogP contribution in [-0.2, 0) is 9.53 Å². The van der Waals surface area contributed by atoms with E-state index in [0.29, 0.717) is 19.7 Å². The van der Waals surface area contributed by atoms with Crippen LogP contribution in [0.5, 0.6) is 0 Å². The highest BCUT2D eigenvalue weighted by molar-refractivity contribution is 5.78. The molecular formula is C7H16N2O2. The zero-order valence-electron chi connectivity index (χ0n) is 7.09. The van der Waals surface area contributed by atoms with Crippen molar-refractivity contribution in [2.75, 3.05) is 26.8 Å². The summed E-state index contributed by atoms with van der Waals surface area (Å²) in [4.78, 5) is 11.0. The van der Waals surface area contributed by atoms with Crippen LogP contribution in [0.15, 0.2) is 0 Å². The van der Waals surface area contributed by atoms with Gasteiger partial charge >= 0.3 is 0 Å². The van der Waals surface area contributed by atoms with Crippen LogP contribution in [0.3, 0.4) is 0 Å². The van der Waals surface area contributed by atoms with Crippen molar-refractivity contribution in [3.8, 4) is 0 Å². The molecule has 0 rings (SSSR count). The average molecular weight is 160 g/mol. The Bertz CT molecular complexity index is 117. The van der Waals surface area contributed by atoms with E-state index in [4.69, 9.17) is 10.5 Å². The Hall–Kier alpha value is -0.610. The van der Waals surface area contributed by atoms with Crippen molar-refractivity contribution in [1.29, 1.82) is 0 Å². The maximum atomic E-state index is 11.0. The van der Waals surface area contributed by atoms with Crippen molar-refractivity contribution in [3.05, 3.63) is 0 Å². The molecule has 66 valence electrons. The number of nitrogens with two attached hydrogens (primary N) is 1. The van der Waals surface area contributed by atoms with E-state index in [0.717, 1.165) is 0 Å². The Morgan fingerprint density at radius 2 is 2.36 bits per heavy atom. The Balaban J connectivity index is 3.36. The van der Waals surface area contributed by atoms with Crippen LogP contribution in [0.1, 0.15) is 6.92 Å². The molecule has 0 aromatic heterocycles. The third kappa shape index (κ3) is 4.75. The van der Waals surface area contributed by atoms with Gasteiger partial charge in [-0.1, -0.05) is 6.92 Å². The molecule has 0 aliphatic rings. The number of carbonyl (C=O) groups is 1. The van der Waals surface area contributed by atoms with Gasteiger partial charge in [-0.25, -0.2) is 0 Å². The maximum Gasteiger partial charge on any atom is 0.224 e. The highest BCUT2D eigenvalue weighted by Gasteiger charge is 2.08. The number of hydrogen-bond acceptors (Lipinski definition) is 3. The number of methoxy groups -OCH3 is 1. The molecule has 4 heteroatoms. The molecule has 0 spiro atoms. The van der Waals surface area contributed by atoms with Crippen molar-refractivity contribution in [1.82, 2.24) is 5.32 Å². The first-order chi connectivity index (χ1) is 5.22. The molecule has 3 N–H and O–H groups in total. The Kier molecular flexibility index (Phi) is 5.78. The number of amides is 1. The predicted octanol–water partition coefficient (Wildman–Crippen LogP) is -0.656. The minimum absolute atomic E-state index is 0.00968. The molecular weight excluding hydrogens is 144 g/mol. The van der Waals surface area contributed by atoms with E-state index in [1.807, 2.05) is 0 Å². The van der Waals surface area contributed by atoms with Gasteiger partial charge in [-0.05, 0) is 0 Å². The molecule has 0 fully saturated rings. The van der Waals surface area contributed by atoms with Crippen LogP contribution in [0.4, 0.5) is 0 Å². The Morgan fingerprint density at radius 1 is 1.73 bits per heavy atom. The summed E-state index contributed by atoms with van der Waals surface area (Å²) in [5.41, 5.74) is 5.29. The van der Waals surface area contributed by atoms with Crippen LogP contribution in [0.25, 0.3) is 0 Å². The van der Waals surface area contributed by atoms with Crippen molar-refractivity contribution in [3.63, 3.8) is 0 Å². The third-order valence-corrected chi connectivity index (χ3v) is 1.41. The Labute approximate surface area is 67.1 Å². The lowest BCUT2D eigenvalue weighted by atomic mass is 10.2. The summed E-state index contributed by atoms with van der Waals surface area (Å²) in [6.45, 7) is 3.28. The fourth-order valence-corrected chi connectivity index (χ4v) is 0.558. The number of rotatable bonds is 5. The second-order valence-corrected chi connectivity index (χ2v) is 2.42. The molecule has 1 atom stereocenters. The first-order valence-electron chi connectivity index (χ1n) is 3.69. The monoisotopic (exact) mass is 160 g/mol. The zero-order chi connectivity index (χ0) is 8.69. The molecule has 0 bridgehead atoms. The molecule has 0 aromatic carbocycles. The standard InChI is InChI=1S/C7H16N2O2/c1-6(5-8)7(10)9-3-4-11-2/h6H,3-5,8H2,1-2H3,(H,9,10). The quantitative estimate of drug-likeness (QED) is 0.525. The molecule has 0 radical (unpaired) electrons. The van der Waals surface area contributed by atoms with Gasteiger partial charge < -0.3 is 15.8 Å². The van der Waals surface area contributed by atoms with Gasteiger partial charge in [0.25, 0.3) is 0 Å². The number of carbonyl (C=O) groups excluding carboxylic acids is 1. The lowest BCUT2D eigenvalue weighted by Crippen LogP contribution is -2.35. The molecule has 0 saturated carbocycles. The topological polar surface area (TPSA) is 64.3 Å². The minimum Gasteiger partial charge on any atom is -0.383 e. The van der Waals surface area contributed by atoms with E-state index < -0.39 is 0 Å². The third-order valence-electron chi connectivity index (χ3n) is 1.41. The van der Waals surface area contributed by atoms with E-state index in [1.165, 1.54) is 0 Å². The molecule has 4 nitrogen and oxygen atoms in total. The summed E-state index contributed by atoms with van der Waals surface area (Å²) >= 11 is 0. The predicted molar refractivity (Wildman–Crippen MR) is 43.1 cm³/mol. The van der Waals surface area contributed by atoms with Crippen LogP contribution in [0.2, 0.25) is 0 Å². The van der Waals surface area contributed by atoms with Crippen molar-refractivity contribution < 1.29 is 9.53 Å². The van der Waals surface area contributed by atoms with Gasteiger partial charge in [0, 0.05) is 26.1 Å². The maximum absolute atomic E-state index is 11.0. The Morgan fingerprint density at radius 3 is 2.82 bits per heavy atom. The minimum atomic E-state index is -0.105. The fraction of sp³-hybridized carbons (Fsp3) is 0.857. The van der Waals surface area contributed by atoms with E-state index >= 15 is 0 Å². The highest BCUT2D eigenvalue weighted by atomic mass is 16.5. The van der Waals surface area contributed by atoms with Crippen LogP contribution in [0, 0.1) is 5.92 Å². The number of hydrogen-bond donors (Lipinski definition) is 2. The molecule has 1 unspecified atom stereocenters. The second-order valence-electron chi connectivity index (χ2n) is 2.42. The first kappa shape index (κ1) is 10.4. The summed E-state index contributed by atoms with van der Waals surface area (Å²) in [7, 11) is 1.60. The molecule has 0 aliphatic carbocycles. The van der Waals surface area contributed by atoms with Crippen LogP contribution in [-0.4, -0.2) is 32.7 Å². The largest absolute Gasteiger partial charge is 0.383 e. The molecule has 0 aromatic rings. The first-order valence-corrected chi connectivity index (χ1v) is 3.69. The van der Waals surface area contributed by atoms with Crippen LogP contribution >= 0.6 is 0 Å². The van der Waals surface area contributed by atoms with Gasteiger partial charge in [-0.3, -0.25) is 4.79 Å². The van der Waals surface area contributed by atoms with Crippen molar-refractivity contribution in [2.24, 2.45) is 11.7 Å². The van der Waals surface area contributed by atoms with Crippen LogP contribution < -0.4 is 11.1 Å². The SMILES string of the molecule is COCCNC(=O)C(C)CN. The number of nitrogens with one attached hydrogen (secondary N) is 1. The molecule has 0 saturated heterocycles. The van der Waals surface area contributed by atoms with Crippen molar-refractivity contribution in [2.45, 2.75) is 6.92 Å². The fourth-order valence-electron chi connectivity index (χ4n) is 0.558. The highest BCUT2D eigenvalue weighted by Crippen LogP contribution is 1.88. The second kappa shape index (κ2) is 6.12. The zero-order valence-corrected chi connectivity index (χ0v) is 7.09. The molecule has 1 amide bonds. The normalized spacial score (nSPS) is 12.6. The summed E-state index contributed by atoms with van der Waals surface area (Å²) in [6.07, 6.45) is 0. The van der Waals surface area contributed by atoms with Crippen molar-refractivity contribution >= 4 is 5.91 Å². The summed E-state index contributed by atoms with van der Waals surface area (Å²) in [6, 6.07) is 0. The van der Waals surface area contributed by atoms with Gasteiger partial charge in [0.1, 0.15) is 0 Å². The van der Waals surface area contributed by atoms with E-state index in [2.05, 4.69) is 5.32 Å². The van der Waals surface area contributed by atoms with Gasteiger partial charge in [-0.15, -0.1) is 0 Å². The lowest BCUT2D eigenvalue weighted by Gasteiger charge is -2.08.